The van der Waals surface area contributed by atoms with Crippen LogP contribution in [0.1, 0.15) is 31.9 Å². The fourth-order valence-electron chi connectivity index (χ4n) is 3.23. The molecule has 1 N–H and O–H groups in total. The van der Waals surface area contributed by atoms with E-state index in [4.69, 9.17) is 0 Å². The highest BCUT2D eigenvalue weighted by atomic mass is 35.5. The number of thiazole rings is 1. The molecule has 8 heteroatoms. The monoisotopic (exact) mass is 415 g/mol. The first kappa shape index (κ1) is 21.3. The standard InChI is InChI=1S/C18H25N3O2S2.ClH/c1-3-11-21(16-7-9-19-10-8-16)25(22,23)17-6-4-5-15(12-17)18-20-14(2)13-24-18;/h4-6,12-13,16,19H,3,7-11H2,1-2H3;1H. The van der Waals surface area contributed by atoms with Gasteiger partial charge in [-0.25, -0.2) is 13.4 Å². The number of aromatic nitrogens is 1. The zero-order valence-corrected chi connectivity index (χ0v) is 17.6. The van der Waals surface area contributed by atoms with Crippen LogP contribution in [0.25, 0.3) is 10.6 Å². The first-order valence-corrected chi connectivity index (χ1v) is 11.1. The second kappa shape index (κ2) is 9.28. The fraction of sp³-hybridized carbons (Fsp3) is 0.500. The Morgan fingerprint density at radius 1 is 1.31 bits per heavy atom. The third-order valence-electron chi connectivity index (χ3n) is 4.47. The molecule has 1 aliphatic rings. The topological polar surface area (TPSA) is 62.3 Å². The van der Waals surface area contributed by atoms with Crippen LogP contribution in [0.15, 0.2) is 34.5 Å². The van der Waals surface area contributed by atoms with E-state index >= 15 is 0 Å². The Morgan fingerprint density at radius 2 is 2.04 bits per heavy atom. The average molecular weight is 416 g/mol. The van der Waals surface area contributed by atoms with Gasteiger partial charge in [0.25, 0.3) is 0 Å². The smallest absolute Gasteiger partial charge is 0.243 e. The Kier molecular flexibility index (Phi) is 7.61. The minimum absolute atomic E-state index is 0. The molecule has 0 amide bonds. The van der Waals surface area contributed by atoms with E-state index in [1.807, 2.05) is 31.4 Å². The first-order chi connectivity index (χ1) is 12.0. The molecule has 0 unspecified atom stereocenters. The van der Waals surface area contributed by atoms with E-state index in [2.05, 4.69) is 10.3 Å². The highest BCUT2D eigenvalue weighted by Gasteiger charge is 2.31. The summed E-state index contributed by atoms with van der Waals surface area (Å²) in [6.45, 7) is 6.28. The number of aryl methyl sites for hydroxylation is 1. The Hall–Kier alpha value is -0.990. The number of rotatable bonds is 6. The van der Waals surface area contributed by atoms with Gasteiger partial charge in [0.15, 0.2) is 0 Å². The SMILES string of the molecule is CCCN(C1CCNCC1)S(=O)(=O)c1cccc(-c2nc(C)cs2)c1.Cl. The Labute approximate surface area is 166 Å². The summed E-state index contributed by atoms with van der Waals surface area (Å²) in [6, 6.07) is 7.27. The van der Waals surface area contributed by atoms with Gasteiger partial charge in [-0.1, -0.05) is 19.1 Å². The fourth-order valence-corrected chi connectivity index (χ4v) is 5.84. The predicted octanol–water partition coefficient (Wildman–Crippen LogP) is 3.69. The number of halogens is 1. The summed E-state index contributed by atoms with van der Waals surface area (Å²) in [5.41, 5.74) is 1.82. The van der Waals surface area contributed by atoms with Crippen LogP contribution in [0, 0.1) is 6.92 Å². The highest BCUT2D eigenvalue weighted by Crippen LogP contribution is 2.28. The summed E-state index contributed by atoms with van der Waals surface area (Å²) in [5.74, 6) is 0. The van der Waals surface area contributed by atoms with E-state index in [9.17, 15) is 8.42 Å². The summed E-state index contributed by atoms with van der Waals surface area (Å²) in [4.78, 5) is 4.84. The molecule has 0 saturated carbocycles. The van der Waals surface area contributed by atoms with Crippen LogP contribution in [-0.4, -0.2) is 43.4 Å². The van der Waals surface area contributed by atoms with Gasteiger partial charge in [0.05, 0.1) is 4.90 Å². The van der Waals surface area contributed by atoms with Gasteiger partial charge in [0.2, 0.25) is 10.0 Å². The number of sulfonamides is 1. The van der Waals surface area contributed by atoms with E-state index in [0.29, 0.717) is 11.4 Å². The van der Waals surface area contributed by atoms with Crippen LogP contribution in [-0.2, 0) is 10.0 Å². The normalized spacial score (nSPS) is 15.8. The maximum atomic E-state index is 13.3. The van der Waals surface area contributed by atoms with Crippen molar-refractivity contribution in [2.45, 2.75) is 44.0 Å². The van der Waals surface area contributed by atoms with Crippen molar-refractivity contribution in [3.63, 3.8) is 0 Å². The molecule has 1 fully saturated rings. The van der Waals surface area contributed by atoms with Crippen molar-refractivity contribution in [3.8, 4) is 10.6 Å². The molecule has 1 saturated heterocycles. The summed E-state index contributed by atoms with van der Waals surface area (Å²) >= 11 is 1.54. The summed E-state index contributed by atoms with van der Waals surface area (Å²) in [6.07, 6.45) is 2.55. The average Bonchev–Trinajstić information content (AvgIpc) is 3.07. The first-order valence-electron chi connectivity index (χ1n) is 8.77. The summed E-state index contributed by atoms with van der Waals surface area (Å²) in [7, 11) is -3.50. The van der Waals surface area contributed by atoms with Crippen molar-refractivity contribution >= 4 is 33.8 Å². The van der Waals surface area contributed by atoms with Gasteiger partial charge in [0, 0.05) is 29.2 Å². The maximum absolute atomic E-state index is 13.3. The van der Waals surface area contributed by atoms with Gasteiger partial charge in [-0.2, -0.15) is 4.31 Å². The number of nitrogens with one attached hydrogen (secondary N) is 1. The van der Waals surface area contributed by atoms with Crippen molar-refractivity contribution in [2.75, 3.05) is 19.6 Å². The number of hydrogen-bond acceptors (Lipinski definition) is 5. The third-order valence-corrected chi connectivity index (χ3v) is 7.42. The summed E-state index contributed by atoms with van der Waals surface area (Å²) in [5, 5.41) is 6.15. The van der Waals surface area contributed by atoms with Gasteiger partial charge in [-0.05, 0) is 51.4 Å². The van der Waals surface area contributed by atoms with E-state index in [1.54, 1.807) is 27.8 Å². The molecule has 26 heavy (non-hydrogen) atoms. The van der Waals surface area contributed by atoms with E-state index < -0.39 is 10.0 Å². The molecular weight excluding hydrogens is 390 g/mol. The number of hydrogen-bond donors (Lipinski definition) is 1. The van der Waals surface area contributed by atoms with Crippen molar-refractivity contribution in [1.82, 2.24) is 14.6 Å². The summed E-state index contributed by atoms with van der Waals surface area (Å²) < 4.78 is 28.3. The van der Waals surface area contributed by atoms with Crippen molar-refractivity contribution in [1.29, 1.82) is 0 Å². The van der Waals surface area contributed by atoms with Crippen molar-refractivity contribution in [2.24, 2.45) is 0 Å². The number of nitrogens with zero attached hydrogens (tertiary/aromatic N) is 2. The van der Waals surface area contributed by atoms with E-state index in [1.165, 1.54) is 0 Å². The Bertz CT molecular complexity index is 817. The minimum Gasteiger partial charge on any atom is -0.317 e. The lowest BCUT2D eigenvalue weighted by atomic mass is 10.1. The van der Waals surface area contributed by atoms with Crippen LogP contribution in [0.3, 0.4) is 0 Å². The van der Waals surface area contributed by atoms with Crippen molar-refractivity contribution < 1.29 is 8.42 Å². The van der Waals surface area contributed by atoms with Crippen LogP contribution in [0.5, 0.6) is 0 Å². The van der Waals surface area contributed by atoms with Gasteiger partial charge >= 0.3 is 0 Å². The molecule has 1 aromatic heterocycles. The molecule has 0 aliphatic carbocycles. The molecule has 1 aliphatic heterocycles. The minimum atomic E-state index is -3.50. The molecule has 144 valence electrons. The zero-order chi connectivity index (χ0) is 17.9. The quantitative estimate of drug-likeness (QED) is 0.781. The molecule has 2 aromatic rings. The number of piperidine rings is 1. The highest BCUT2D eigenvalue weighted by molar-refractivity contribution is 7.89. The Morgan fingerprint density at radius 3 is 2.65 bits per heavy atom. The van der Waals surface area contributed by atoms with Gasteiger partial charge < -0.3 is 5.32 Å². The molecular formula is C18H26ClN3O2S2. The molecule has 0 atom stereocenters. The number of benzene rings is 1. The van der Waals surface area contributed by atoms with Crippen LogP contribution in [0.4, 0.5) is 0 Å². The van der Waals surface area contributed by atoms with Gasteiger partial charge in [0.1, 0.15) is 5.01 Å². The molecule has 2 heterocycles. The molecule has 1 aromatic carbocycles. The van der Waals surface area contributed by atoms with E-state index in [-0.39, 0.29) is 18.4 Å². The lowest BCUT2D eigenvalue weighted by molar-refractivity contribution is 0.262. The third kappa shape index (κ3) is 4.64. The predicted molar refractivity (Wildman–Crippen MR) is 110 cm³/mol. The lowest BCUT2D eigenvalue weighted by Crippen LogP contribution is -2.46. The van der Waals surface area contributed by atoms with Gasteiger partial charge in [-0.15, -0.1) is 23.7 Å². The lowest BCUT2D eigenvalue weighted by Gasteiger charge is -2.33. The zero-order valence-electron chi connectivity index (χ0n) is 15.1. The molecule has 0 spiro atoms. The van der Waals surface area contributed by atoms with Crippen molar-refractivity contribution in [3.05, 3.63) is 35.3 Å². The van der Waals surface area contributed by atoms with Gasteiger partial charge in [-0.3, -0.25) is 0 Å². The molecule has 0 radical (unpaired) electrons. The second-order valence-corrected chi connectivity index (χ2v) is 9.17. The molecule has 0 bridgehead atoms. The molecule has 5 nitrogen and oxygen atoms in total. The Balaban J connectivity index is 0.00000243. The van der Waals surface area contributed by atoms with Crippen LogP contribution in [0.2, 0.25) is 0 Å². The van der Waals surface area contributed by atoms with Crippen LogP contribution >= 0.6 is 23.7 Å². The largest absolute Gasteiger partial charge is 0.317 e. The maximum Gasteiger partial charge on any atom is 0.243 e. The second-order valence-electron chi connectivity index (χ2n) is 6.42. The molecule has 3 rings (SSSR count). The van der Waals surface area contributed by atoms with E-state index in [0.717, 1.165) is 48.6 Å². The van der Waals surface area contributed by atoms with Crippen LogP contribution < -0.4 is 5.32 Å².